The van der Waals surface area contributed by atoms with E-state index in [-0.39, 0.29) is 5.75 Å². The summed E-state index contributed by atoms with van der Waals surface area (Å²) < 4.78 is 34.4. The van der Waals surface area contributed by atoms with Gasteiger partial charge in [0.2, 0.25) is 11.6 Å². The van der Waals surface area contributed by atoms with E-state index in [9.17, 15) is 33.3 Å². The molecule has 27 heavy (non-hydrogen) atoms. The number of allylic oxidation sites excluding steroid dienone is 1. The number of carbonyl (C=O) groups is 2. The van der Waals surface area contributed by atoms with Crippen LogP contribution in [0.4, 0.5) is 0 Å². The molecule has 0 heterocycles. The number of aliphatic hydroxyl groups excluding tert-OH is 4. The van der Waals surface area contributed by atoms with Gasteiger partial charge in [0.25, 0.3) is 0 Å². The van der Waals surface area contributed by atoms with Crippen molar-refractivity contribution in [2.75, 3.05) is 6.61 Å². The summed E-state index contributed by atoms with van der Waals surface area (Å²) in [5.74, 6) is -3.06. The summed E-state index contributed by atoms with van der Waals surface area (Å²) in [4.78, 5) is 24.0. The van der Waals surface area contributed by atoms with Gasteiger partial charge in [-0.25, -0.2) is 4.18 Å². The number of ketones is 2. The van der Waals surface area contributed by atoms with Crippen molar-refractivity contribution in [3.8, 4) is 5.75 Å². The molecule has 0 aromatic heterocycles. The molecule has 6 N–H and O–H groups in total. The Balaban J connectivity index is 3.04. The summed E-state index contributed by atoms with van der Waals surface area (Å²) in [5.41, 5.74) is 0.387. The highest BCUT2D eigenvalue weighted by Gasteiger charge is 2.41. The number of phenols is 1. The Labute approximate surface area is 153 Å². The number of carbonyl (C=O) groups excluding carboxylic acids is 2. The van der Waals surface area contributed by atoms with Gasteiger partial charge in [-0.2, -0.15) is 8.42 Å². The zero-order chi connectivity index (χ0) is 20.8. The van der Waals surface area contributed by atoms with Crippen molar-refractivity contribution in [3.63, 3.8) is 0 Å². The van der Waals surface area contributed by atoms with Crippen LogP contribution in [-0.2, 0) is 24.2 Å². The van der Waals surface area contributed by atoms with Crippen molar-refractivity contribution >= 4 is 28.0 Å². The van der Waals surface area contributed by atoms with Crippen molar-refractivity contribution in [2.45, 2.75) is 24.4 Å². The fourth-order valence-corrected chi connectivity index (χ4v) is 2.34. The Morgan fingerprint density at radius 3 is 2.11 bits per heavy atom. The molecule has 0 bridgehead atoms. The average molecular weight is 406 g/mol. The third kappa shape index (κ3) is 7.15. The fourth-order valence-electron chi connectivity index (χ4n) is 1.88. The minimum absolute atomic E-state index is 0.0456. The van der Waals surface area contributed by atoms with Crippen LogP contribution in [-0.4, -0.2) is 81.1 Å². The van der Waals surface area contributed by atoms with Gasteiger partial charge in [-0.3, -0.25) is 14.1 Å². The predicted molar refractivity (Wildman–Crippen MR) is 88.7 cm³/mol. The quantitative estimate of drug-likeness (QED) is 0.140. The number of aliphatic hydroxyl groups is 4. The van der Waals surface area contributed by atoms with Crippen LogP contribution in [0.2, 0.25) is 0 Å². The summed E-state index contributed by atoms with van der Waals surface area (Å²) in [6.07, 6.45) is -7.45. The standard InChI is InChI=1S/C15H18O11S/c16-7-11(19)12(20)14(22)15(26-27(23,24)25)13(21)10(18)6-3-8-1-4-9(17)5-2-8/h1-6,11-12,14-17,19-20,22H,7H2,(H,23,24,25)/b6-3+/t11-,12-,14+,15+/m1/s1. The van der Waals surface area contributed by atoms with Crippen molar-refractivity contribution in [1.82, 2.24) is 0 Å². The second-order valence-corrected chi connectivity index (χ2v) is 6.38. The maximum atomic E-state index is 12.1. The number of phenolic OH excluding ortho intramolecular Hbond substituents is 1. The first-order valence-electron chi connectivity index (χ1n) is 7.32. The molecular formula is C15H18O11S. The van der Waals surface area contributed by atoms with Crippen molar-refractivity contribution in [2.24, 2.45) is 0 Å². The molecule has 0 spiro atoms. The van der Waals surface area contributed by atoms with E-state index < -0.39 is 53.0 Å². The predicted octanol–water partition coefficient (Wildman–Crippen LogP) is -2.19. The van der Waals surface area contributed by atoms with Gasteiger partial charge in [-0.15, -0.1) is 0 Å². The van der Waals surface area contributed by atoms with Crippen LogP contribution in [0.15, 0.2) is 30.3 Å². The minimum atomic E-state index is -5.32. The van der Waals surface area contributed by atoms with Crippen LogP contribution in [0.25, 0.3) is 6.08 Å². The van der Waals surface area contributed by atoms with E-state index >= 15 is 0 Å². The molecule has 12 heteroatoms. The summed E-state index contributed by atoms with van der Waals surface area (Å²) >= 11 is 0. The molecular weight excluding hydrogens is 388 g/mol. The van der Waals surface area contributed by atoms with Gasteiger partial charge in [-0.1, -0.05) is 18.2 Å². The lowest BCUT2D eigenvalue weighted by molar-refractivity contribution is -0.150. The second-order valence-electron chi connectivity index (χ2n) is 5.33. The van der Waals surface area contributed by atoms with Crippen LogP contribution in [0, 0.1) is 0 Å². The summed E-state index contributed by atoms with van der Waals surface area (Å²) in [7, 11) is -5.32. The van der Waals surface area contributed by atoms with Gasteiger partial charge in [0.05, 0.1) is 6.61 Å². The van der Waals surface area contributed by atoms with Crippen molar-refractivity contribution in [3.05, 3.63) is 35.9 Å². The molecule has 0 saturated heterocycles. The lowest BCUT2D eigenvalue weighted by Crippen LogP contribution is -2.51. The summed E-state index contributed by atoms with van der Waals surface area (Å²) in [5, 5.41) is 46.6. The minimum Gasteiger partial charge on any atom is -0.508 e. The van der Waals surface area contributed by atoms with Gasteiger partial charge in [-0.05, 0) is 23.8 Å². The Morgan fingerprint density at radius 1 is 1.07 bits per heavy atom. The Morgan fingerprint density at radius 2 is 1.63 bits per heavy atom. The number of aromatic hydroxyl groups is 1. The first-order chi connectivity index (χ1) is 12.5. The molecule has 0 unspecified atom stereocenters. The molecule has 150 valence electrons. The molecule has 0 aliphatic carbocycles. The summed E-state index contributed by atoms with van der Waals surface area (Å²) in [6, 6.07) is 5.39. The van der Waals surface area contributed by atoms with Crippen LogP contribution in [0.3, 0.4) is 0 Å². The van der Waals surface area contributed by atoms with E-state index in [2.05, 4.69) is 4.18 Å². The zero-order valence-electron chi connectivity index (χ0n) is 13.6. The van der Waals surface area contributed by atoms with Gasteiger partial charge < -0.3 is 25.5 Å². The molecule has 0 aliphatic rings. The van der Waals surface area contributed by atoms with Gasteiger partial charge in [0.15, 0.2) is 6.10 Å². The molecule has 1 aromatic carbocycles. The number of hydrogen-bond donors (Lipinski definition) is 6. The Kier molecular flexibility index (Phi) is 8.18. The SMILES string of the molecule is O=C(/C=C/c1ccc(O)cc1)C(=O)[C@H](OS(=O)(=O)O)[C@@H](O)[C@H](O)[C@H](O)CO. The number of hydrogen-bond acceptors (Lipinski definition) is 10. The lowest BCUT2D eigenvalue weighted by Gasteiger charge is -2.26. The zero-order valence-corrected chi connectivity index (χ0v) is 14.4. The van der Waals surface area contributed by atoms with E-state index in [0.717, 1.165) is 6.08 Å². The van der Waals surface area contributed by atoms with Crippen LogP contribution >= 0.6 is 0 Å². The third-order valence-electron chi connectivity index (χ3n) is 3.29. The van der Waals surface area contributed by atoms with Crippen LogP contribution < -0.4 is 0 Å². The average Bonchev–Trinajstić information content (AvgIpc) is 2.62. The Hall–Kier alpha value is -2.19. The van der Waals surface area contributed by atoms with Gasteiger partial charge in [0.1, 0.15) is 24.1 Å². The third-order valence-corrected chi connectivity index (χ3v) is 3.74. The molecule has 0 aliphatic heterocycles. The summed E-state index contributed by atoms with van der Waals surface area (Å²) in [6.45, 7) is -1.06. The second kappa shape index (κ2) is 9.66. The molecule has 1 aromatic rings. The molecule has 0 amide bonds. The topological polar surface area (TPSA) is 199 Å². The molecule has 0 radical (unpaired) electrons. The maximum Gasteiger partial charge on any atom is 0.398 e. The number of rotatable bonds is 10. The van der Waals surface area contributed by atoms with E-state index in [1.165, 1.54) is 24.3 Å². The molecule has 0 fully saturated rings. The van der Waals surface area contributed by atoms with Crippen LogP contribution in [0.5, 0.6) is 5.75 Å². The largest absolute Gasteiger partial charge is 0.508 e. The molecule has 1 rings (SSSR count). The Bertz CT molecular complexity index is 784. The fraction of sp³-hybridized carbons (Fsp3) is 0.333. The van der Waals surface area contributed by atoms with E-state index in [0.29, 0.717) is 11.6 Å². The highest BCUT2D eigenvalue weighted by atomic mass is 32.3. The van der Waals surface area contributed by atoms with Gasteiger partial charge >= 0.3 is 10.4 Å². The van der Waals surface area contributed by atoms with E-state index in [4.69, 9.17) is 14.8 Å². The highest BCUT2D eigenvalue weighted by molar-refractivity contribution is 7.80. The van der Waals surface area contributed by atoms with Crippen LogP contribution in [0.1, 0.15) is 5.56 Å². The van der Waals surface area contributed by atoms with E-state index in [1.807, 2.05) is 0 Å². The number of benzene rings is 1. The van der Waals surface area contributed by atoms with Crippen molar-refractivity contribution in [1.29, 1.82) is 0 Å². The normalized spacial score (nSPS) is 16.6. The maximum absolute atomic E-state index is 12.1. The van der Waals surface area contributed by atoms with E-state index in [1.54, 1.807) is 0 Å². The molecule has 0 saturated carbocycles. The van der Waals surface area contributed by atoms with Crippen molar-refractivity contribution < 1.29 is 52.3 Å². The number of Topliss-reactive ketones (excluding diaryl/α,β-unsaturated/α-hetero) is 1. The molecule has 4 atom stereocenters. The molecule has 11 nitrogen and oxygen atoms in total. The smallest absolute Gasteiger partial charge is 0.398 e. The monoisotopic (exact) mass is 406 g/mol. The van der Waals surface area contributed by atoms with Gasteiger partial charge in [0, 0.05) is 0 Å². The lowest BCUT2D eigenvalue weighted by atomic mass is 9.98. The first-order valence-corrected chi connectivity index (χ1v) is 8.69. The highest BCUT2D eigenvalue weighted by Crippen LogP contribution is 2.14. The first kappa shape index (κ1) is 22.9.